The molecule has 0 bridgehead atoms. The summed E-state index contributed by atoms with van der Waals surface area (Å²) in [6, 6.07) is 12.1. The molecule has 3 aromatic heterocycles. The van der Waals surface area contributed by atoms with Gasteiger partial charge in [-0.3, -0.25) is 18.9 Å². The smallest absolute Gasteiger partial charge is 0.284 e. The van der Waals surface area contributed by atoms with E-state index in [1.807, 2.05) is 30.3 Å². The van der Waals surface area contributed by atoms with Gasteiger partial charge in [0.1, 0.15) is 4.83 Å². The lowest BCUT2D eigenvalue weighted by Gasteiger charge is -2.11. The zero-order chi connectivity index (χ0) is 19.1. The molecule has 0 atom stereocenters. The minimum atomic E-state index is -0.249. The molecule has 0 N–H and O–H groups in total. The molecular weight excluding hydrogens is 358 g/mol. The monoisotopic (exact) mass is 379 g/mol. The maximum atomic E-state index is 12.6. The second-order valence-electron chi connectivity index (χ2n) is 7.25. The molecule has 3 heterocycles. The van der Waals surface area contributed by atoms with Gasteiger partial charge in [-0.2, -0.15) is 0 Å². The number of aromatic nitrogens is 3. The first-order valence-electron chi connectivity index (χ1n) is 9.00. The lowest BCUT2D eigenvalue weighted by molar-refractivity contribution is 0.504. The molecule has 0 saturated heterocycles. The predicted octanol–water partition coefficient (Wildman–Crippen LogP) is 3.56. The van der Waals surface area contributed by atoms with Gasteiger partial charge < -0.3 is 0 Å². The zero-order valence-electron chi connectivity index (χ0n) is 15.6. The maximum absolute atomic E-state index is 12.6. The largest absolute Gasteiger partial charge is 0.331 e. The number of hydrogen-bond donors (Lipinski definition) is 0. The van der Waals surface area contributed by atoms with E-state index in [9.17, 15) is 9.59 Å². The average molecular weight is 379 g/mol. The summed E-state index contributed by atoms with van der Waals surface area (Å²) in [5.74, 6) is 0.316. The number of rotatable bonds is 4. The fourth-order valence-electron chi connectivity index (χ4n) is 3.43. The highest BCUT2D eigenvalue weighted by Crippen LogP contribution is 2.27. The van der Waals surface area contributed by atoms with Gasteiger partial charge >= 0.3 is 5.69 Å². The van der Waals surface area contributed by atoms with Gasteiger partial charge in [-0.05, 0) is 23.6 Å². The number of benzene rings is 1. The van der Waals surface area contributed by atoms with Gasteiger partial charge in [0.05, 0.1) is 10.9 Å². The fraction of sp³-hybridized carbons (Fsp3) is 0.286. The quantitative estimate of drug-likeness (QED) is 0.545. The molecule has 0 aliphatic rings. The summed E-state index contributed by atoms with van der Waals surface area (Å²) >= 11 is 1.53. The standard InChI is InChI=1S/C21H21N3O2S/c1-13(2)12-24-20-17(19(25)23(3)21(24)26)11-16(27-20)10-15-7-4-6-14-8-5-9-22-18(14)15/h4-9,11,13H,10,12H2,1-3H3. The molecule has 0 radical (unpaired) electrons. The van der Waals surface area contributed by atoms with Crippen LogP contribution >= 0.6 is 11.3 Å². The Labute approximate surface area is 160 Å². The van der Waals surface area contributed by atoms with Crippen LogP contribution in [-0.4, -0.2) is 14.1 Å². The van der Waals surface area contributed by atoms with Crippen molar-refractivity contribution in [2.45, 2.75) is 26.8 Å². The molecule has 4 aromatic rings. The molecule has 0 aliphatic carbocycles. The molecule has 4 rings (SSSR count). The average Bonchev–Trinajstić information content (AvgIpc) is 3.07. The molecule has 0 aliphatic heterocycles. The van der Waals surface area contributed by atoms with E-state index >= 15 is 0 Å². The molecule has 0 fully saturated rings. The van der Waals surface area contributed by atoms with Gasteiger partial charge in [0.15, 0.2) is 0 Å². The van der Waals surface area contributed by atoms with Crippen molar-refractivity contribution in [1.29, 1.82) is 0 Å². The Kier molecular flexibility index (Phi) is 4.44. The molecule has 0 amide bonds. The second kappa shape index (κ2) is 6.78. The van der Waals surface area contributed by atoms with Crippen molar-refractivity contribution in [3.63, 3.8) is 0 Å². The van der Waals surface area contributed by atoms with Crippen molar-refractivity contribution < 1.29 is 0 Å². The minimum absolute atomic E-state index is 0.228. The van der Waals surface area contributed by atoms with Crippen LogP contribution in [0.3, 0.4) is 0 Å². The van der Waals surface area contributed by atoms with Gasteiger partial charge in [-0.25, -0.2) is 4.79 Å². The van der Waals surface area contributed by atoms with E-state index in [-0.39, 0.29) is 11.2 Å². The molecule has 0 unspecified atom stereocenters. The van der Waals surface area contributed by atoms with Crippen molar-refractivity contribution in [2.24, 2.45) is 13.0 Å². The Morgan fingerprint density at radius 3 is 2.70 bits per heavy atom. The SMILES string of the molecule is CC(C)Cn1c(=O)n(C)c(=O)c2cc(Cc3cccc4cccnc34)sc21. The summed E-state index contributed by atoms with van der Waals surface area (Å²) in [5, 5.41) is 1.72. The van der Waals surface area contributed by atoms with Gasteiger partial charge in [-0.1, -0.05) is 38.1 Å². The zero-order valence-corrected chi connectivity index (χ0v) is 16.4. The van der Waals surface area contributed by atoms with E-state index in [1.54, 1.807) is 17.8 Å². The Bertz CT molecular complexity index is 1260. The van der Waals surface area contributed by atoms with Gasteiger partial charge in [-0.15, -0.1) is 11.3 Å². The van der Waals surface area contributed by atoms with Crippen LogP contribution in [-0.2, 0) is 20.0 Å². The summed E-state index contributed by atoms with van der Waals surface area (Å²) in [6.07, 6.45) is 2.49. The van der Waals surface area contributed by atoms with Crippen molar-refractivity contribution in [1.82, 2.24) is 14.1 Å². The Balaban J connectivity index is 1.87. The normalized spacial score (nSPS) is 11.7. The van der Waals surface area contributed by atoms with Crippen molar-refractivity contribution >= 4 is 32.5 Å². The molecule has 0 spiro atoms. The number of thiophene rings is 1. The number of fused-ring (bicyclic) bond motifs is 2. The van der Waals surface area contributed by atoms with Crippen molar-refractivity contribution in [3.8, 4) is 0 Å². The maximum Gasteiger partial charge on any atom is 0.331 e. The van der Waals surface area contributed by atoms with Crippen LogP contribution in [0.1, 0.15) is 24.3 Å². The number of pyridine rings is 1. The third-order valence-electron chi connectivity index (χ3n) is 4.69. The van der Waals surface area contributed by atoms with Crippen LogP contribution in [0.2, 0.25) is 0 Å². The summed E-state index contributed by atoms with van der Waals surface area (Å²) in [5.41, 5.74) is 1.62. The first-order chi connectivity index (χ1) is 13.0. The Hall–Kier alpha value is -2.73. The second-order valence-corrected chi connectivity index (χ2v) is 8.37. The van der Waals surface area contributed by atoms with Gasteiger partial charge in [0.2, 0.25) is 0 Å². The molecular formula is C21H21N3O2S. The van der Waals surface area contributed by atoms with Crippen LogP contribution in [0.15, 0.2) is 52.2 Å². The van der Waals surface area contributed by atoms with Crippen molar-refractivity contribution in [3.05, 3.63) is 73.9 Å². The third kappa shape index (κ3) is 3.10. The highest BCUT2D eigenvalue weighted by atomic mass is 32.1. The molecule has 1 aromatic carbocycles. The first kappa shape index (κ1) is 17.7. The third-order valence-corrected chi connectivity index (χ3v) is 5.85. The van der Waals surface area contributed by atoms with Crippen LogP contribution in [0.4, 0.5) is 0 Å². The van der Waals surface area contributed by atoms with E-state index in [0.29, 0.717) is 24.3 Å². The van der Waals surface area contributed by atoms with E-state index in [0.717, 1.165) is 26.2 Å². The van der Waals surface area contributed by atoms with E-state index < -0.39 is 0 Å². The fourth-order valence-corrected chi connectivity index (χ4v) is 4.60. The Morgan fingerprint density at radius 2 is 1.93 bits per heavy atom. The lowest BCUT2D eigenvalue weighted by Crippen LogP contribution is -2.38. The number of nitrogens with zero attached hydrogens (tertiary/aromatic N) is 3. The molecule has 0 saturated carbocycles. The van der Waals surface area contributed by atoms with Crippen LogP contribution < -0.4 is 11.2 Å². The van der Waals surface area contributed by atoms with Crippen LogP contribution in [0.25, 0.3) is 21.1 Å². The van der Waals surface area contributed by atoms with Crippen LogP contribution in [0.5, 0.6) is 0 Å². The van der Waals surface area contributed by atoms with E-state index in [2.05, 4.69) is 24.9 Å². The highest BCUT2D eigenvalue weighted by molar-refractivity contribution is 7.18. The van der Waals surface area contributed by atoms with Gasteiger partial charge in [0, 0.05) is 36.5 Å². The number of hydrogen-bond acceptors (Lipinski definition) is 4. The first-order valence-corrected chi connectivity index (χ1v) is 9.82. The van der Waals surface area contributed by atoms with E-state index in [4.69, 9.17) is 0 Å². The molecule has 6 heteroatoms. The predicted molar refractivity (Wildman–Crippen MR) is 111 cm³/mol. The summed E-state index contributed by atoms with van der Waals surface area (Å²) in [7, 11) is 1.55. The van der Waals surface area contributed by atoms with Crippen LogP contribution in [0, 0.1) is 5.92 Å². The topological polar surface area (TPSA) is 56.9 Å². The van der Waals surface area contributed by atoms with Crippen molar-refractivity contribution in [2.75, 3.05) is 0 Å². The summed E-state index contributed by atoms with van der Waals surface area (Å²) in [6.45, 7) is 4.73. The molecule has 138 valence electrons. The van der Waals surface area contributed by atoms with E-state index in [1.165, 1.54) is 15.9 Å². The highest BCUT2D eigenvalue weighted by Gasteiger charge is 2.16. The minimum Gasteiger partial charge on any atom is -0.284 e. The summed E-state index contributed by atoms with van der Waals surface area (Å²) in [4.78, 5) is 31.6. The van der Waals surface area contributed by atoms with Gasteiger partial charge in [0.25, 0.3) is 5.56 Å². The Morgan fingerprint density at radius 1 is 1.15 bits per heavy atom. The number of para-hydroxylation sites is 1. The molecule has 5 nitrogen and oxygen atoms in total. The summed E-state index contributed by atoms with van der Waals surface area (Å²) < 4.78 is 2.94. The molecule has 27 heavy (non-hydrogen) atoms. The lowest BCUT2D eigenvalue weighted by atomic mass is 10.1.